The number of carbonyl (C=O) groups excluding carboxylic acids is 1. The number of amides is 1. The van der Waals surface area contributed by atoms with Gasteiger partial charge in [-0.25, -0.2) is 0 Å². The van der Waals surface area contributed by atoms with Gasteiger partial charge in [0.15, 0.2) is 18.0 Å². The number of benzene rings is 1. The molecule has 0 saturated carbocycles. The number of piperazine rings is 1. The van der Waals surface area contributed by atoms with Gasteiger partial charge in [-0.3, -0.25) is 4.79 Å². The van der Waals surface area contributed by atoms with E-state index in [9.17, 15) is 4.79 Å². The minimum absolute atomic E-state index is 0.0226. The van der Waals surface area contributed by atoms with E-state index in [1.807, 2.05) is 25.1 Å². The summed E-state index contributed by atoms with van der Waals surface area (Å²) in [5.41, 5.74) is 1.74. The van der Waals surface area contributed by atoms with E-state index in [2.05, 4.69) is 10.5 Å². The maximum absolute atomic E-state index is 12.3. The van der Waals surface area contributed by atoms with E-state index in [0.29, 0.717) is 12.3 Å². The number of nitrogens with one attached hydrogen (secondary N) is 3. The van der Waals surface area contributed by atoms with Gasteiger partial charge < -0.3 is 29.1 Å². The van der Waals surface area contributed by atoms with Crippen LogP contribution in [0.2, 0.25) is 0 Å². The molecule has 3 N–H and O–H groups in total. The molecule has 2 aliphatic heterocycles. The van der Waals surface area contributed by atoms with Gasteiger partial charge >= 0.3 is 0 Å². The van der Waals surface area contributed by atoms with Crippen LogP contribution >= 0.6 is 0 Å². The molecule has 0 spiro atoms. The Morgan fingerprint density at radius 1 is 1.12 bits per heavy atom. The Hall–Kier alpha value is -2.58. The van der Waals surface area contributed by atoms with Crippen LogP contribution in [0.5, 0.6) is 11.5 Å². The summed E-state index contributed by atoms with van der Waals surface area (Å²) in [6, 6.07) is 7.45. The van der Waals surface area contributed by atoms with Crippen molar-refractivity contribution in [1.29, 1.82) is 0 Å². The van der Waals surface area contributed by atoms with E-state index in [0.717, 1.165) is 55.6 Å². The van der Waals surface area contributed by atoms with Crippen molar-refractivity contribution in [3.05, 3.63) is 35.7 Å². The SMILES string of the molecule is Cc1cc(C[NH+]2CC[NH+](CC(=O)Nc3ccc4c(c3)OCO4)CC2)no1. The number of quaternary nitrogens is 2. The Morgan fingerprint density at radius 3 is 2.65 bits per heavy atom. The van der Waals surface area contributed by atoms with Gasteiger partial charge in [-0.15, -0.1) is 0 Å². The van der Waals surface area contributed by atoms with Crippen LogP contribution in [0.25, 0.3) is 0 Å². The van der Waals surface area contributed by atoms with Crippen LogP contribution in [0.4, 0.5) is 5.69 Å². The Labute approximate surface area is 151 Å². The summed E-state index contributed by atoms with van der Waals surface area (Å²) in [5.74, 6) is 2.27. The zero-order chi connectivity index (χ0) is 17.9. The minimum atomic E-state index is 0.0226. The van der Waals surface area contributed by atoms with E-state index >= 15 is 0 Å². The molecular weight excluding hydrogens is 336 g/mol. The Bertz CT molecular complexity index is 783. The molecule has 0 aliphatic carbocycles. The zero-order valence-electron chi connectivity index (χ0n) is 14.8. The number of hydrogen-bond acceptors (Lipinski definition) is 5. The van der Waals surface area contributed by atoms with Crippen LogP contribution in [0, 0.1) is 6.92 Å². The summed E-state index contributed by atoms with van der Waals surface area (Å²) in [7, 11) is 0. The highest BCUT2D eigenvalue weighted by Crippen LogP contribution is 2.34. The van der Waals surface area contributed by atoms with Crippen LogP contribution < -0.4 is 24.6 Å². The fraction of sp³-hybridized carbons (Fsp3) is 0.444. The zero-order valence-corrected chi connectivity index (χ0v) is 14.8. The topological polar surface area (TPSA) is 82.5 Å². The number of ether oxygens (including phenoxy) is 2. The molecule has 1 saturated heterocycles. The Morgan fingerprint density at radius 2 is 1.88 bits per heavy atom. The first-order valence-electron chi connectivity index (χ1n) is 8.94. The molecule has 4 rings (SSSR count). The standard InChI is InChI=1S/C18H22N4O4/c1-13-8-15(20-26-13)10-21-4-6-22(7-5-21)11-18(23)19-14-2-3-16-17(9-14)25-12-24-16/h2-3,8-9H,4-7,10-12H2,1H3,(H,19,23)/p+2. The molecule has 0 radical (unpaired) electrons. The van der Waals surface area contributed by atoms with Crippen molar-refractivity contribution in [3.8, 4) is 11.5 Å². The maximum Gasteiger partial charge on any atom is 0.279 e. The Kier molecular flexibility index (Phi) is 4.77. The summed E-state index contributed by atoms with van der Waals surface area (Å²) >= 11 is 0. The molecular formula is C18H24N4O4+2. The lowest BCUT2D eigenvalue weighted by molar-refractivity contribution is -1.02. The smallest absolute Gasteiger partial charge is 0.279 e. The van der Waals surface area contributed by atoms with Crippen LogP contribution in [-0.4, -0.2) is 50.6 Å². The van der Waals surface area contributed by atoms with Crippen molar-refractivity contribution in [1.82, 2.24) is 5.16 Å². The quantitative estimate of drug-likeness (QED) is 0.613. The predicted molar refractivity (Wildman–Crippen MR) is 92.4 cm³/mol. The first-order valence-corrected chi connectivity index (χ1v) is 8.94. The van der Waals surface area contributed by atoms with Crippen molar-refractivity contribution in [2.75, 3.05) is 44.8 Å². The third-order valence-corrected chi connectivity index (χ3v) is 4.84. The highest BCUT2D eigenvalue weighted by atomic mass is 16.7. The fourth-order valence-electron chi connectivity index (χ4n) is 3.47. The van der Waals surface area contributed by atoms with Gasteiger partial charge in [0.1, 0.15) is 44.2 Å². The molecule has 2 aliphatic rings. The number of aryl methyl sites for hydroxylation is 1. The molecule has 1 amide bonds. The highest BCUT2D eigenvalue weighted by Gasteiger charge is 2.26. The lowest BCUT2D eigenvalue weighted by Gasteiger charge is -2.28. The van der Waals surface area contributed by atoms with Gasteiger partial charge in [0.25, 0.3) is 5.91 Å². The van der Waals surface area contributed by atoms with Gasteiger partial charge in [-0.1, -0.05) is 5.16 Å². The van der Waals surface area contributed by atoms with Crippen molar-refractivity contribution < 1.29 is 28.6 Å². The number of hydrogen-bond donors (Lipinski definition) is 3. The maximum atomic E-state index is 12.3. The van der Waals surface area contributed by atoms with Crippen molar-refractivity contribution >= 4 is 11.6 Å². The van der Waals surface area contributed by atoms with E-state index < -0.39 is 0 Å². The van der Waals surface area contributed by atoms with Crippen molar-refractivity contribution in [3.63, 3.8) is 0 Å². The van der Waals surface area contributed by atoms with E-state index in [4.69, 9.17) is 14.0 Å². The largest absolute Gasteiger partial charge is 0.454 e. The number of carbonyl (C=O) groups is 1. The second-order valence-corrected chi connectivity index (χ2v) is 6.90. The number of anilines is 1. The Balaban J connectivity index is 1.23. The molecule has 3 heterocycles. The molecule has 0 unspecified atom stereocenters. The van der Waals surface area contributed by atoms with Crippen molar-refractivity contribution in [2.24, 2.45) is 0 Å². The van der Waals surface area contributed by atoms with Gasteiger partial charge in [0.05, 0.1) is 0 Å². The van der Waals surface area contributed by atoms with Crippen LogP contribution in [-0.2, 0) is 11.3 Å². The number of nitrogens with zero attached hydrogens (tertiary/aromatic N) is 1. The number of fused-ring (bicyclic) bond motifs is 1. The fourth-order valence-corrected chi connectivity index (χ4v) is 3.47. The van der Waals surface area contributed by atoms with Crippen LogP contribution in [0.1, 0.15) is 11.5 Å². The lowest BCUT2D eigenvalue weighted by atomic mass is 10.2. The summed E-state index contributed by atoms with van der Waals surface area (Å²) in [6.45, 7) is 7.50. The average molecular weight is 360 g/mol. The molecule has 2 aromatic rings. The number of rotatable bonds is 5. The summed E-state index contributed by atoms with van der Waals surface area (Å²) in [4.78, 5) is 15.1. The van der Waals surface area contributed by atoms with Gasteiger partial charge in [0, 0.05) is 17.8 Å². The van der Waals surface area contributed by atoms with Crippen LogP contribution in [0.3, 0.4) is 0 Å². The highest BCUT2D eigenvalue weighted by molar-refractivity contribution is 5.91. The molecule has 1 fully saturated rings. The summed E-state index contributed by atoms with van der Waals surface area (Å²) in [5, 5.41) is 7.01. The predicted octanol–water partition coefficient (Wildman–Crippen LogP) is -1.37. The van der Waals surface area contributed by atoms with Gasteiger partial charge in [-0.05, 0) is 19.1 Å². The minimum Gasteiger partial charge on any atom is -0.454 e. The molecule has 1 aromatic carbocycles. The third-order valence-electron chi connectivity index (χ3n) is 4.84. The normalized spacial score (nSPS) is 21.6. The van der Waals surface area contributed by atoms with Crippen LogP contribution in [0.15, 0.2) is 28.8 Å². The molecule has 8 nitrogen and oxygen atoms in total. The molecule has 138 valence electrons. The van der Waals surface area contributed by atoms with Gasteiger partial charge in [0.2, 0.25) is 6.79 Å². The third kappa shape index (κ3) is 3.97. The molecule has 0 bridgehead atoms. The molecule has 0 atom stereocenters. The van der Waals surface area contributed by atoms with Gasteiger partial charge in [-0.2, -0.15) is 0 Å². The van der Waals surface area contributed by atoms with E-state index in [1.165, 1.54) is 9.80 Å². The second-order valence-electron chi connectivity index (χ2n) is 6.90. The lowest BCUT2D eigenvalue weighted by Crippen LogP contribution is -3.28. The first-order chi connectivity index (χ1) is 12.7. The average Bonchev–Trinajstić information content (AvgIpc) is 3.25. The van der Waals surface area contributed by atoms with Crippen molar-refractivity contribution in [2.45, 2.75) is 13.5 Å². The first kappa shape index (κ1) is 16.9. The van der Waals surface area contributed by atoms with E-state index in [-0.39, 0.29) is 12.7 Å². The summed E-state index contributed by atoms with van der Waals surface area (Å²) in [6.07, 6.45) is 0. The summed E-state index contributed by atoms with van der Waals surface area (Å²) < 4.78 is 15.7. The van der Waals surface area contributed by atoms with E-state index in [1.54, 1.807) is 6.07 Å². The molecule has 26 heavy (non-hydrogen) atoms. The molecule has 8 heteroatoms. The molecule has 1 aromatic heterocycles. The second kappa shape index (κ2) is 7.35. The number of aromatic nitrogens is 1. The monoisotopic (exact) mass is 360 g/mol.